The van der Waals surface area contributed by atoms with E-state index < -0.39 is 0 Å². The van der Waals surface area contributed by atoms with Gasteiger partial charge in [-0.2, -0.15) is 0 Å². The van der Waals surface area contributed by atoms with E-state index in [1.165, 1.54) is 54.4 Å². The predicted molar refractivity (Wildman–Crippen MR) is 111 cm³/mol. The van der Waals surface area contributed by atoms with E-state index in [4.69, 9.17) is 4.74 Å². The van der Waals surface area contributed by atoms with Gasteiger partial charge >= 0.3 is 0 Å². The van der Waals surface area contributed by atoms with Gasteiger partial charge in [0.15, 0.2) is 0 Å². The monoisotopic (exact) mass is 348 g/mol. The molecule has 3 rings (SSSR count). The third-order valence-corrected chi connectivity index (χ3v) is 5.69. The van der Waals surface area contributed by atoms with E-state index in [0.717, 1.165) is 24.9 Å². The summed E-state index contributed by atoms with van der Waals surface area (Å²) in [5, 5.41) is 0. The molecule has 0 spiro atoms. The molecule has 1 aliphatic rings. The van der Waals surface area contributed by atoms with Gasteiger partial charge in [0.1, 0.15) is 0 Å². The maximum atomic E-state index is 5.70. The van der Waals surface area contributed by atoms with Crippen LogP contribution < -0.4 is 0 Å². The van der Waals surface area contributed by atoms with Crippen molar-refractivity contribution in [2.24, 2.45) is 5.92 Å². The minimum absolute atomic E-state index is 0.715. The molecule has 0 radical (unpaired) electrons. The number of hydrogen-bond acceptors (Lipinski definition) is 1. The molecular formula is C25H32O. The molecule has 0 heterocycles. The Labute approximate surface area is 159 Å². The number of rotatable bonds is 8. The van der Waals surface area contributed by atoms with E-state index in [-0.39, 0.29) is 0 Å². The fourth-order valence-corrected chi connectivity index (χ4v) is 3.87. The third-order valence-electron chi connectivity index (χ3n) is 5.69. The quantitative estimate of drug-likeness (QED) is 0.364. The van der Waals surface area contributed by atoms with Gasteiger partial charge in [0.25, 0.3) is 0 Å². The van der Waals surface area contributed by atoms with Gasteiger partial charge in [-0.15, -0.1) is 6.58 Å². The van der Waals surface area contributed by atoms with E-state index >= 15 is 0 Å². The second kappa shape index (κ2) is 9.73. The van der Waals surface area contributed by atoms with E-state index in [1.54, 1.807) is 0 Å². The fourth-order valence-electron chi connectivity index (χ4n) is 3.87. The molecule has 1 aliphatic carbocycles. The van der Waals surface area contributed by atoms with E-state index in [2.05, 4.69) is 68.1 Å². The van der Waals surface area contributed by atoms with Gasteiger partial charge in [-0.25, -0.2) is 0 Å². The molecule has 0 bridgehead atoms. The SMILES string of the molecule is C=C[C@H]1CC[C@H](c2ccc(-c3ccc(COCCCC)cc3)cc2)CC1. The Morgan fingerprint density at radius 3 is 2.12 bits per heavy atom. The van der Waals surface area contributed by atoms with E-state index in [1.807, 2.05) is 0 Å². The summed E-state index contributed by atoms with van der Waals surface area (Å²) in [6.45, 7) is 7.71. The molecule has 2 aromatic rings. The Bertz CT molecular complexity index is 660. The van der Waals surface area contributed by atoms with Crippen LogP contribution in [0.1, 0.15) is 62.5 Å². The number of benzene rings is 2. The molecule has 26 heavy (non-hydrogen) atoms. The van der Waals surface area contributed by atoms with Crippen LogP contribution >= 0.6 is 0 Å². The van der Waals surface area contributed by atoms with Crippen molar-refractivity contribution in [2.75, 3.05) is 6.61 Å². The van der Waals surface area contributed by atoms with Crippen LogP contribution in [0.4, 0.5) is 0 Å². The van der Waals surface area contributed by atoms with Crippen molar-refractivity contribution >= 4 is 0 Å². The highest BCUT2D eigenvalue weighted by Crippen LogP contribution is 2.36. The van der Waals surface area contributed by atoms with Crippen LogP contribution in [0.5, 0.6) is 0 Å². The summed E-state index contributed by atoms with van der Waals surface area (Å²) in [4.78, 5) is 0. The van der Waals surface area contributed by atoms with Crippen molar-refractivity contribution in [1.82, 2.24) is 0 Å². The first-order valence-corrected chi connectivity index (χ1v) is 10.2. The summed E-state index contributed by atoms with van der Waals surface area (Å²) in [5.41, 5.74) is 5.33. The van der Waals surface area contributed by atoms with Gasteiger partial charge in [0.05, 0.1) is 6.61 Å². The lowest BCUT2D eigenvalue weighted by Crippen LogP contribution is -2.11. The average Bonchev–Trinajstić information content (AvgIpc) is 2.72. The van der Waals surface area contributed by atoms with Crippen molar-refractivity contribution in [3.05, 3.63) is 72.3 Å². The first-order valence-electron chi connectivity index (χ1n) is 10.2. The van der Waals surface area contributed by atoms with Crippen LogP contribution in [0.3, 0.4) is 0 Å². The summed E-state index contributed by atoms with van der Waals surface area (Å²) in [7, 11) is 0. The Hall–Kier alpha value is -1.86. The van der Waals surface area contributed by atoms with Crippen molar-refractivity contribution < 1.29 is 4.74 Å². The third kappa shape index (κ3) is 5.08. The highest BCUT2D eigenvalue weighted by Gasteiger charge is 2.20. The standard InChI is InChI=1S/C25H32O/c1-3-5-18-26-19-21-8-12-23(13-9-21)25-16-14-24(15-17-25)22-10-6-20(4-2)7-11-22/h4,8-9,12-17,20,22H,2-3,5-7,10-11,18-19H2,1H3/t20-,22-. The van der Waals surface area contributed by atoms with E-state index in [0.29, 0.717) is 6.61 Å². The minimum atomic E-state index is 0.715. The van der Waals surface area contributed by atoms with Gasteiger partial charge in [-0.05, 0) is 66.2 Å². The second-order valence-electron chi connectivity index (χ2n) is 7.57. The topological polar surface area (TPSA) is 9.23 Å². The minimum Gasteiger partial charge on any atom is -0.377 e. The zero-order valence-electron chi connectivity index (χ0n) is 16.1. The maximum absolute atomic E-state index is 5.70. The van der Waals surface area contributed by atoms with Crippen LogP contribution in [0.15, 0.2) is 61.2 Å². The molecule has 0 amide bonds. The lowest BCUT2D eigenvalue weighted by atomic mass is 9.78. The highest BCUT2D eigenvalue weighted by molar-refractivity contribution is 5.64. The Morgan fingerprint density at radius 2 is 1.54 bits per heavy atom. The summed E-state index contributed by atoms with van der Waals surface area (Å²) in [5.74, 6) is 1.46. The smallest absolute Gasteiger partial charge is 0.0716 e. The number of hydrogen-bond donors (Lipinski definition) is 0. The molecule has 0 atom stereocenters. The summed E-state index contributed by atoms with van der Waals surface area (Å²) in [6.07, 6.45) is 9.63. The van der Waals surface area contributed by atoms with Crippen LogP contribution in [-0.4, -0.2) is 6.61 Å². The lowest BCUT2D eigenvalue weighted by molar-refractivity contribution is 0.118. The normalized spacial score (nSPS) is 20.0. The Kier molecular flexibility index (Phi) is 7.08. The zero-order chi connectivity index (χ0) is 18.2. The molecule has 1 fully saturated rings. The van der Waals surface area contributed by atoms with Gasteiger partial charge < -0.3 is 4.74 Å². The molecule has 1 nitrogen and oxygen atoms in total. The molecule has 138 valence electrons. The summed E-state index contributed by atoms with van der Waals surface area (Å²) >= 11 is 0. The van der Waals surface area contributed by atoms with Crippen molar-refractivity contribution in [3.63, 3.8) is 0 Å². The Morgan fingerprint density at radius 1 is 0.923 bits per heavy atom. The number of allylic oxidation sites excluding steroid dienone is 1. The highest BCUT2D eigenvalue weighted by atomic mass is 16.5. The molecule has 1 heteroatoms. The van der Waals surface area contributed by atoms with Crippen LogP contribution in [0.25, 0.3) is 11.1 Å². The second-order valence-corrected chi connectivity index (χ2v) is 7.57. The molecule has 2 aromatic carbocycles. The van der Waals surface area contributed by atoms with Gasteiger partial charge in [-0.1, -0.05) is 68.0 Å². The molecule has 0 N–H and O–H groups in total. The Balaban J connectivity index is 1.57. The lowest BCUT2D eigenvalue weighted by Gasteiger charge is -2.27. The predicted octanol–water partition coefficient (Wildman–Crippen LogP) is 7.13. The number of ether oxygens (including phenoxy) is 1. The largest absolute Gasteiger partial charge is 0.377 e. The van der Waals surface area contributed by atoms with Crippen molar-refractivity contribution in [3.8, 4) is 11.1 Å². The number of unbranched alkanes of at least 4 members (excludes halogenated alkanes) is 1. The van der Waals surface area contributed by atoms with Gasteiger partial charge in [0, 0.05) is 6.61 Å². The molecule has 0 aromatic heterocycles. The summed E-state index contributed by atoms with van der Waals surface area (Å²) in [6, 6.07) is 18.0. The first-order chi connectivity index (χ1) is 12.8. The molecular weight excluding hydrogens is 316 g/mol. The first kappa shape index (κ1) is 18.9. The van der Waals surface area contributed by atoms with Crippen molar-refractivity contribution in [2.45, 2.75) is 58.0 Å². The molecule has 0 aliphatic heterocycles. The average molecular weight is 349 g/mol. The molecule has 0 unspecified atom stereocenters. The van der Waals surface area contributed by atoms with Gasteiger partial charge in [-0.3, -0.25) is 0 Å². The van der Waals surface area contributed by atoms with Gasteiger partial charge in [0.2, 0.25) is 0 Å². The van der Waals surface area contributed by atoms with Crippen LogP contribution in [0.2, 0.25) is 0 Å². The maximum Gasteiger partial charge on any atom is 0.0716 e. The van der Waals surface area contributed by atoms with Crippen LogP contribution in [-0.2, 0) is 11.3 Å². The zero-order valence-corrected chi connectivity index (χ0v) is 16.1. The van der Waals surface area contributed by atoms with Crippen LogP contribution in [0, 0.1) is 5.92 Å². The fraction of sp³-hybridized carbons (Fsp3) is 0.440. The summed E-state index contributed by atoms with van der Waals surface area (Å²) < 4.78 is 5.70. The van der Waals surface area contributed by atoms with E-state index in [9.17, 15) is 0 Å². The molecule has 0 saturated heterocycles. The molecule has 1 saturated carbocycles. The van der Waals surface area contributed by atoms with Crippen molar-refractivity contribution in [1.29, 1.82) is 0 Å².